The fraction of sp³-hybridized carbons (Fsp3) is 0.529. The SMILES string of the molecule is CCOC(=O)N1CCC(NC(=O)Cc2cccc(C(F)(F)F)c2)CC1. The molecule has 2 amide bonds. The van der Waals surface area contributed by atoms with E-state index in [-0.39, 0.29) is 24.5 Å². The van der Waals surface area contributed by atoms with Crippen LogP contribution in [0.4, 0.5) is 18.0 Å². The number of carbonyl (C=O) groups excluding carboxylic acids is 2. The van der Waals surface area contributed by atoms with E-state index >= 15 is 0 Å². The maximum atomic E-state index is 12.7. The molecule has 1 aromatic carbocycles. The van der Waals surface area contributed by atoms with Crippen LogP contribution in [0.2, 0.25) is 0 Å². The zero-order valence-corrected chi connectivity index (χ0v) is 13.9. The van der Waals surface area contributed by atoms with Crippen LogP contribution in [-0.4, -0.2) is 42.6 Å². The Bertz CT molecular complexity index is 611. The van der Waals surface area contributed by atoms with E-state index in [0.717, 1.165) is 12.1 Å². The first-order chi connectivity index (χ1) is 11.8. The van der Waals surface area contributed by atoms with Crippen LogP contribution in [-0.2, 0) is 22.1 Å². The number of ether oxygens (including phenoxy) is 1. The number of hydrogen-bond acceptors (Lipinski definition) is 3. The Morgan fingerprint density at radius 3 is 2.56 bits per heavy atom. The summed E-state index contributed by atoms with van der Waals surface area (Å²) in [6, 6.07) is 4.67. The van der Waals surface area contributed by atoms with E-state index in [4.69, 9.17) is 4.74 Å². The van der Waals surface area contributed by atoms with E-state index in [1.165, 1.54) is 12.1 Å². The van der Waals surface area contributed by atoms with Gasteiger partial charge < -0.3 is 15.0 Å². The summed E-state index contributed by atoms with van der Waals surface area (Å²) < 4.78 is 43.0. The van der Waals surface area contributed by atoms with Gasteiger partial charge in [-0.15, -0.1) is 0 Å². The summed E-state index contributed by atoms with van der Waals surface area (Å²) in [7, 11) is 0. The molecule has 1 fully saturated rings. The number of nitrogens with zero attached hydrogens (tertiary/aromatic N) is 1. The summed E-state index contributed by atoms with van der Waals surface area (Å²) in [5, 5.41) is 2.82. The van der Waals surface area contributed by atoms with Crippen molar-refractivity contribution in [2.24, 2.45) is 0 Å². The van der Waals surface area contributed by atoms with Crippen molar-refractivity contribution in [2.45, 2.75) is 38.4 Å². The maximum Gasteiger partial charge on any atom is 0.416 e. The minimum absolute atomic E-state index is 0.0935. The van der Waals surface area contributed by atoms with Crippen LogP contribution >= 0.6 is 0 Å². The van der Waals surface area contributed by atoms with Crippen LogP contribution in [0.25, 0.3) is 0 Å². The van der Waals surface area contributed by atoms with Crippen molar-refractivity contribution in [3.8, 4) is 0 Å². The van der Waals surface area contributed by atoms with Crippen LogP contribution in [0, 0.1) is 0 Å². The van der Waals surface area contributed by atoms with E-state index in [1.54, 1.807) is 11.8 Å². The van der Waals surface area contributed by atoms with E-state index in [1.807, 2.05) is 0 Å². The molecular weight excluding hydrogens is 337 g/mol. The zero-order chi connectivity index (χ0) is 18.4. The largest absolute Gasteiger partial charge is 0.450 e. The van der Waals surface area contributed by atoms with Crippen LogP contribution in [0.3, 0.4) is 0 Å². The molecule has 0 aromatic heterocycles. The Labute approximate surface area is 144 Å². The van der Waals surface area contributed by atoms with Gasteiger partial charge in [0.2, 0.25) is 5.91 Å². The Kier molecular flexibility index (Phi) is 6.27. The number of benzene rings is 1. The lowest BCUT2D eigenvalue weighted by molar-refractivity contribution is -0.137. The first kappa shape index (κ1) is 19.1. The molecular formula is C17H21F3N2O3. The quantitative estimate of drug-likeness (QED) is 0.900. The predicted octanol–water partition coefficient (Wildman–Crippen LogP) is 2.99. The number of rotatable bonds is 4. The number of piperidine rings is 1. The molecule has 1 aromatic rings. The normalized spacial score (nSPS) is 15.8. The number of alkyl halides is 3. The van der Waals surface area contributed by atoms with E-state index in [9.17, 15) is 22.8 Å². The van der Waals surface area contributed by atoms with Gasteiger partial charge in [-0.2, -0.15) is 13.2 Å². The summed E-state index contributed by atoms with van der Waals surface area (Å²) >= 11 is 0. The van der Waals surface area contributed by atoms with Crippen LogP contribution < -0.4 is 5.32 Å². The molecule has 1 heterocycles. The molecule has 1 aliphatic heterocycles. The van der Waals surface area contributed by atoms with E-state index < -0.39 is 11.7 Å². The van der Waals surface area contributed by atoms with Crippen molar-refractivity contribution in [1.29, 1.82) is 0 Å². The first-order valence-electron chi connectivity index (χ1n) is 8.16. The lowest BCUT2D eigenvalue weighted by Crippen LogP contribution is -2.47. The molecule has 0 atom stereocenters. The number of halogens is 3. The molecule has 5 nitrogen and oxygen atoms in total. The summed E-state index contributed by atoms with van der Waals surface area (Å²) in [4.78, 5) is 25.2. The summed E-state index contributed by atoms with van der Waals surface area (Å²) in [6.07, 6.45) is -3.72. The van der Waals surface area contributed by atoms with Gasteiger partial charge in [0.1, 0.15) is 0 Å². The molecule has 0 aliphatic carbocycles. The van der Waals surface area contributed by atoms with Crippen molar-refractivity contribution in [3.05, 3.63) is 35.4 Å². The Balaban J connectivity index is 1.83. The number of amides is 2. The second-order valence-electron chi connectivity index (χ2n) is 5.90. The van der Waals surface area contributed by atoms with Gasteiger partial charge in [-0.1, -0.05) is 18.2 Å². The molecule has 1 aliphatic rings. The fourth-order valence-electron chi connectivity index (χ4n) is 2.74. The molecule has 0 radical (unpaired) electrons. The highest BCUT2D eigenvalue weighted by Gasteiger charge is 2.30. The van der Waals surface area contributed by atoms with Gasteiger partial charge in [-0.05, 0) is 31.4 Å². The average molecular weight is 358 g/mol. The molecule has 0 bridgehead atoms. The first-order valence-corrected chi connectivity index (χ1v) is 8.16. The number of hydrogen-bond donors (Lipinski definition) is 1. The van der Waals surface area contributed by atoms with Crippen molar-refractivity contribution in [1.82, 2.24) is 10.2 Å². The second-order valence-corrected chi connectivity index (χ2v) is 5.90. The number of nitrogens with one attached hydrogen (secondary N) is 1. The molecule has 25 heavy (non-hydrogen) atoms. The van der Waals surface area contributed by atoms with E-state index in [0.29, 0.717) is 38.1 Å². The highest BCUT2D eigenvalue weighted by atomic mass is 19.4. The number of likely N-dealkylation sites (tertiary alicyclic amines) is 1. The summed E-state index contributed by atoms with van der Waals surface area (Å²) in [5.41, 5.74) is -0.447. The van der Waals surface area contributed by atoms with Crippen LogP contribution in [0.15, 0.2) is 24.3 Å². The minimum Gasteiger partial charge on any atom is -0.450 e. The smallest absolute Gasteiger partial charge is 0.416 e. The highest BCUT2D eigenvalue weighted by molar-refractivity contribution is 5.79. The minimum atomic E-state index is -4.42. The monoisotopic (exact) mass is 358 g/mol. The standard InChI is InChI=1S/C17H21F3N2O3/c1-2-25-16(24)22-8-6-14(7-9-22)21-15(23)11-12-4-3-5-13(10-12)17(18,19)20/h3-5,10,14H,2,6-9,11H2,1H3,(H,21,23). The van der Waals surface area contributed by atoms with Gasteiger partial charge in [0, 0.05) is 19.1 Å². The molecule has 0 spiro atoms. The van der Waals surface area contributed by atoms with E-state index in [2.05, 4.69) is 5.32 Å². The van der Waals surface area contributed by atoms with Gasteiger partial charge in [0.05, 0.1) is 18.6 Å². The lowest BCUT2D eigenvalue weighted by Gasteiger charge is -2.31. The van der Waals surface area contributed by atoms with Gasteiger partial charge in [-0.3, -0.25) is 4.79 Å². The molecule has 2 rings (SSSR count). The molecule has 0 saturated carbocycles. The summed E-state index contributed by atoms with van der Waals surface area (Å²) in [6.45, 7) is 3.01. The predicted molar refractivity (Wildman–Crippen MR) is 84.9 cm³/mol. The third-order valence-electron chi connectivity index (χ3n) is 4.01. The molecule has 138 valence electrons. The Hall–Kier alpha value is -2.25. The van der Waals surface area contributed by atoms with Crippen LogP contribution in [0.1, 0.15) is 30.9 Å². The Morgan fingerprint density at radius 2 is 1.96 bits per heavy atom. The molecule has 1 N–H and O–H groups in total. The van der Waals surface area contributed by atoms with Crippen molar-refractivity contribution >= 4 is 12.0 Å². The van der Waals surface area contributed by atoms with Crippen molar-refractivity contribution in [3.63, 3.8) is 0 Å². The van der Waals surface area contributed by atoms with Gasteiger partial charge in [0.15, 0.2) is 0 Å². The lowest BCUT2D eigenvalue weighted by atomic mass is 10.0. The van der Waals surface area contributed by atoms with Crippen LogP contribution in [0.5, 0.6) is 0 Å². The van der Waals surface area contributed by atoms with Crippen molar-refractivity contribution in [2.75, 3.05) is 19.7 Å². The zero-order valence-electron chi connectivity index (χ0n) is 13.9. The number of carbonyl (C=O) groups is 2. The molecule has 8 heteroatoms. The summed E-state index contributed by atoms with van der Waals surface area (Å²) in [5.74, 6) is -0.325. The molecule has 1 saturated heterocycles. The molecule has 0 unspecified atom stereocenters. The second kappa shape index (κ2) is 8.22. The highest BCUT2D eigenvalue weighted by Crippen LogP contribution is 2.29. The van der Waals surface area contributed by atoms with Crippen molar-refractivity contribution < 1.29 is 27.5 Å². The fourth-order valence-corrected chi connectivity index (χ4v) is 2.74. The topological polar surface area (TPSA) is 58.6 Å². The Morgan fingerprint density at radius 1 is 1.28 bits per heavy atom. The average Bonchev–Trinajstić information content (AvgIpc) is 2.55. The van der Waals surface area contributed by atoms with Gasteiger partial charge in [-0.25, -0.2) is 4.79 Å². The van der Waals surface area contributed by atoms with Gasteiger partial charge >= 0.3 is 12.3 Å². The maximum absolute atomic E-state index is 12.7. The third kappa shape index (κ3) is 5.65. The third-order valence-corrected chi connectivity index (χ3v) is 4.01. The van der Waals surface area contributed by atoms with Gasteiger partial charge in [0.25, 0.3) is 0 Å².